The number of carbonyl (C=O) groups excluding carboxylic acids is 3. The molecule has 0 aliphatic carbocycles. The topological polar surface area (TPSA) is 98.2 Å². The van der Waals surface area contributed by atoms with Gasteiger partial charge >= 0.3 is 0 Å². The lowest BCUT2D eigenvalue weighted by atomic mass is 10.0. The van der Waals surface area contributed by atoms with Gasteiger partial charge in [0.1, 0.15) is 5.75 Å². The summed E-state index contributed by atoms with van der Waals surface area (Å²) in [4.78, 5) is 41.2. The van der Waals surface area contributed by atoms with Crippen LogP contribution in [0.2, 0.25) is 0 Å². The quantitative estimate of drug-likeness (QED) is 0.644. The van der Waals surface area contributed by atoms with Crippen molar-refractivity contribution in [3.63, 3.8) is 0 Å². The van der Waals surface area contributed by atoms with Gasteiger partial charge in [-0.1, -0.05) is 30.3 Å². The van der Waals surface area contributed by atoms with E-state index in [1.165, 1.54) is 24.3 Å². The molecule has 3 aromatic carbocycles. The van der Waals surface area contributed by atoms with Crippen LogP contribution in [0.5, 0.6) is 5.75 Å². The fourth-order valence-corrected chi connectivity index (χ4v) is 4.02. The standard InChI is InChI=1S/C23H16N2O5/c1-12-6-2-3-7-17(12)24-20(27)13-10-15-16(11-14(13)21(24)28)23(30)25(22(15)29)18-8-4-5-9-19(18)26/h2-11,22,26,29H,1H3. The average molecular weight is 400 g/mol. The molecule has 0 saturated carbocycles. The number of benzene rings is 3. The first-order valence-electron chi connectivity index (χ1n) is 9.32. The first kappa shape index (κ1) is 18.1. The molecule has 0 fully saturated rings. The number of fused-ring (bicyclic) bond motifs is 2. The second-order valence-corrected chi connectivity index (χ2v) is 7.25. The summed E-state index contributed by atoms with van der Waals surface area (Å²) in [5.41, 5.74) is 1.97. The van der Waals surface area contributed by atoms with Crippen molar-refractivity contribution in [3.8, 4) is 5.75 Å². The third kappa shape index (κ3) is 2.33. The Hall–Kier alpha value is -3.97. The van der Waals surface area contributed by atoms with Gasteiger partial charge in [0.05, 0.1) is 22.5 Å². The Labute approximate surface area is 171 Å². The fourth-order valence-electron chi connectivity index (χ4n) is 4.02. The molecule has 3 aromatic rings. The number of aliphatic hydroxyl groups excluding tert-OH is 1. The maximum absolute atomic E-state index is 13.0. The van der Waals surface area contributed by atoms with Gasteiger partial charge in [-0.15, -0.1) is 0 Å². The third-order valence-corrected chi connectivity index (χ3v) is 5.53. The number of aryl methyl sites for hydroxylation is 1. The molecule has 7 heteroatoms. The van der Waals surface area contributed by atoms with E-state index in [2.05, 4.69) is 0 Å². The Kier molecular flexibility index (Phi) is 3.78. The lowest BCUT2D eigenvalue weighted by molar-refractivity contribution is 0.0921. The van der Waals surface area contributed by atoms with E-state index in [1.54, 1.807) is 37.3 Å². The van der Waals surface area contributed by atoms with Crippen LogP contribution in [-0.2, 0) is 0 Å². The minimum absolute atomic E-state index is 0.113. The Balaban J connectivity index is 1.61. The average Bonchev–Trinajstić information content (AvgIpc) is 3.12. The van der Waals surface area contributed by atoms with Crippen LogP contribution in [0.4, 0.5) is 11.4 Å². The van der Waals surface area contributed by atoms with Crippen LogP contribution in [0.25, 0.3) is 0 Å². The van der Waals surface area contributed by atoms with Crippen molar-refractivity contribution in [1.82, 2.24) is 0 Å². The summed E-state index contributed by atoms with van der Waals surface area (Å²) in [5.74, 6) is -1.75. The zero-order chi connectivity index (χ0) is 21.2. The first-order chi connectivity index (χ1) is 14.4. The van der Waals surface area contributed by atoms with Crippen molar-refractivity contribution < 1.29 is 24.6 Å². The predicted molar refractivity (Wildman–Crippen MR) is 109 cm³/mol. The normalized spacial score (nSPS) is 17.5. The van der Waals surface area contributed by atoms with E-state index in [9.17, 15) is 24.6 Å². The predicted octanol–water partition coefficient (Wildman–Crippen LogP) is 3.15. The molecule has 1 atom stereocenters. The summed E-state index contributed by atoms with van der Waals surface area (Å²) in [5, 5.41) is 20.9. The maximum atomic E-state index is 13.0. The van der Waals surface area contributed by atoms with Crippen LogP contribution < -0.4 is 9.80 Å². The van der Waals surface area contributed by atoms with Crippen molar-refractivity contribution in [2.45, 2.75) is 13.2 Å². The number of hydrogen-bond donors (Lipinski definition) is 2. The van der Waals surface area contributed by atoms with Gasteiger partial charge < -0.3 is 10.2 Å². The zero-order valence-corrected chi connectivity index (χ0v) is 15.9. The molecule has 148 valence electrons. The Morgan fingerprint density at radius 1 is 0.767 bits per heavy atom. The molecule has 0 radical (unpaired) electrons. The first-order valence-corrected chi connectivity index (χ1v) is 9.32. The fraction of sp³-hybridized carbons (Fsp3) is 0.0870. The van der Waals surface area contributed by atoms with E-state index >= 15 is 0 Å². The van der Waals surface area contributed by atoms with Gasteiger partial charge in [-0.2, -0.15) is 0 Å². The lowest BCUT2D eigenvalue weighted by Gasteiger charge is -2.21. The molecule has 3 amide bonds. The molecule has 2 aliphatic rings. The van der Waals surface area contributed by atoms with Crippen LogP contribution in [-0.4, -0.2) is 27.9 Å². The second kappa shape index (κ2) is 6.27. The van der Waals surface area contributed by atoms with E-state index in [1.807, 2.05) is 6.07 Å². The number of phenolic OH excluding ortho intramolecular Hbond substituents is 1. The lowest BCUT2D eigenvalue weighted by Crippen LogP contribution is -2.30. The number of amides is 3. The molecule has 0 aromatic heterocycles. The van der Waals surface area contributed by atoms with Crippen LogP contribution in [0.3, 0.4) is 0 Å². The summed E-state index contributed by atoms with van der Waals surface area (Å²) in [6.07, 6.45) is -1.39. The highest BCUT2D eigenvalue weighted by atomic mass is 16.3. The number of aromatic hydroxyl groups is 1. The molecule has 0 saturated heterocycles. The van der Waals surface area contributed by atoms with Crippen molar-refractivity contribution in [2.24, 2.45) is 0 Å². The number of aliphatic hydroxyl groups is 1. The zero-order valence-electron chi connectivity index (χ0n) is 15.9. The van der Waals surface area contributed by atoms with E-state index in [0.29, 0.717) is 5.69 Å². The Morgan fingerprint density at radius 2 is 1.37 bits per heavy atom. The molecule has 0 bridgehead atoms. The van der Waals surface area contributed by atoms with Crippen LogP contribution in [0.1, 0.15) is 48.4 Å². The molecule has 5 rings (SSSR count). The van der Waals surface area contributed by atoms with Gasteiger partial charge in [-0.25, -0.2) is 4.90 Å². The van der Waals surface area contributed by atoms with E-state index in [0.717, 1.165) is 15.4 Å². The number of carbonyl (C=O) groups is 3. The van der Waals surface area contributed by atoms with Gasteiger partial charge in [-0.3, -0.25) is 19.3 Å². The molecule has 2 heterocycles. The number of hydrogen-bond acceptors (Lipinski definition) is 5. The van der Waals surface area contributed by atoms with Gasteiger partial charge in [-0.05, 0) is 42.8 Å². The molecule has 2 N–H and O–H groups in total. The summed E-state index contributed by atoms with van der Waals surface area (Å²) < 4.78 is 0. The van der Waals surface area contributed by atoms with Crippen LogP contribution in [0, 0.1) is 6.92 Å². The smallest absolute Gasteiger partial charge is 0.266 e. The van der Waals surface area contributed by atoms with E-state index < -0.39 is 23.9 Å². The number of imide groups is 1. The number of nitrogens with zero attached hydrogens (tertiary/aromatic N) is 2. The highest BCUT2D eigenvalue weighted by Gasteiger charge is 2.44. The molecule has 0 spiro atoms. The molecular weight excluding hydrogens is 384 g/mol. The molecule has 2 aliphatic heterocycles. The third-order valence-electron chi connectivity index (χ3n) is 5.53. The van der Waals surface area contributed by atoms with Crippen LogP contribution in [0.15, 0.2) is 60.7 Å². The van der Waals surface area contributed by atoms with E-state index in [4.69, 9.17) is 0 Å². The number of rotatable bonds is 2. The van der Waals surface area contributed by atoms with Gasteiger partial charge in [0.2, 0.25) is 0 Å². The van der Waals surface area contributed by atoms with Gasteiger partial charge in [0, 0.05) is 11.1 Å². The number of phenols is 1. The summed E-state index contributed by atoms with van der Waals surface area (Å²) in [6, 6.07) is 15.9. The van der Waals surface area contributed by atoms with Crippen molar-refractivity contribution >= 4 is 29.1 Å². The van der Waals surface area contributed by atoms with Crippen LogP contribution >= 0.6 is 0 Å². The molecular formula is C23H16N2O5. The van der Waals surface area contributed by atoms with Gasteiger partial charge in [0.25, 0.3) is 17.7 Å². The maximum Gasteiger partial charge on any atom is 0.266 e. The number of para-hydroxylation sites is 3. The van der Waals surface area contributed by atoms with Crippen molar-refractivity contribution in [3.05, 3.63) is 88.5 Å². The SMILES string of the molecule is Cc1ccccc1N1C(=O)c2cc3c(cc2C1=O)C(O)N(c1ccccc1O)C3=O. The van der Waals surface area contributed by atoms with Crippen molar-refractivity contribution in [2.75, 3.05) is 9.80 Å². The van der Waals surface area contributed by atoms with Crippen molar-refractivity contribution in [1.29, 1.82) is 0 Å². The Morgan fingerprint density at radius 3 is 2.03 bits per heavy atom. The molecule has 1 unspecified atom stereocenters. The molecule has 7 nitrogen and oxygen atoms in total. The monoisotopic (exact) mass is 400 g/mol. The number of anilines is 2. The largest absolute Gasteiger partial charge is 0.506 e. The summed E-state index contributed by atoms with van der Waals surface area (Å²) >= 11 is 0. The minimum Gasteiger partial charge on any atom is -0.506 e. The second-order valence-electron chi connectivity index (χ2n) is 7.25. The highest BCUT2D eigenvalue weighted by molar-refractivity contribution is 6.35. The van der Waals surface area contributed by atoms with E-state index in [-0.39, 0.29) is 33.7 Å². The summed E-state index contributed by atoms with van der Waals surface area (Å²) in [6.45, 7) is 1.80. The summed E-state index contributed by atoms with van der Waals surface area (Å²) in [7, 11) is 0. The Bertz CT molecular complexity index is 1270. The minimum atomic E-state index is -1.39. The van der Waals surface area contributed by atoms with Gasteiger partial charge in [0.15, 0.2) is 6.23 Å². The highest BCUT2D eigenvalue weighted by Crippen LogP contribution is 2.42. The molecule has 30 heavy (non-hydrogen) atoms.